The summed E-state index contributed by atoms with van der Waals surface area (Å²) in [5.74, 6) is 0.968. The minimum atomic E-state index is -0.415. The van der Waals surface area contributed by atoms with Crippen molar-refractivity contribution in [3.63, 3.8) is 0 Å². The number of guanidine groups is 1. The average molecular weight is 482 g/mol. The van der Waals surface area contributed by atoms with Gasteiger partial charge < -0.3 is 16.0 Å². The van der Waals surface area contributed by atoms with Gasteiger partial charge in [-0.2, -0.15) is 5.10 Å². The number of primary amides is 1. The number of hydrogen-bond donors (Lipinski definition) is 2. The molecule has 1 aliphatic heterocycles. The van der Waals surface area contributed by atoms with Crippen LogP contribution >= 0.6 is 24.0 Å². The number of aryl methyl sites for hydroxylation is 1. The van der Waals surface area contributed by atoms with E-state index in [9.17, 15) is 4.79 Å². The number of nitrogens with one attached hydrogen (secondary N) is 1. The number of halogens is 1. The number of nitrogens with two attached hydrogens (primary N) is 1. The van der Waals surface area contributed by atoms with Crippen LogP contribution < -0.4 is 11.1 Å². The maximum Gasteiger partial charge on any atom is 0.248 e. The van der Waals surface area contributed by atoms with Gasteiger partial charge in [0.2, 0.25) is 5.91 Å². The number of nitrogens with zero attached hydrogens (tertiary/aromatic N) is 4. The highest BCUT2D eigenvalue weighted by Gasteiger charge is 2.26. The Labute approximate surface area is 177 Å². The van der Waals surface area contributed by atoms with Crippen LogP contribution in [0.2, 0.25) is 0 Å². The summed E-state index contributed by atoms with van der Waals surface area (Å²) >= 11 is 0. The molecule has 1 aromatic heterocycles. The third kappa shape index (κ3) is 5.44. The van der Waals surface area contributed by atoms with E-state index in [1.807, 2.05) is 30.1 Å². The lowest BCUT2D eigenvalue weighted by Crippen LogP contribution is -2.40. The maximum absolute atomic E-state index is 11.3. The summed E-state index contributed by atoms with van der Waals surface area (Å²) in [6.07, 6.45) is 5.13. The van der Waals surface area contributed by atoms with Gasteiger partial charge in [-0.05, 0) is 36.6 Å². The number of aromatic nitrogens is 2. The van der Waals surface area contributed by atoms with Crippen molar-refractivity contribution in [2.45, 2.75) is 25.8 Å². The van der Waals surface area contributed by atoms with Crippen LogP contribution in [0.4, 0.5) is 0 Å². The smallest absolute Gasteiger partial charge is 0.248 e. The van der Waals surface area contributed by atoms with Crippen molar-refractivity contribution in [1.29, 1.82) is 0 Å². The highest BCUT2D eigenvalue weighted by molar-refractivity contribution is 14.0. The molecule has 3 rings (SSSR count). The van der Waals surface area contributed by atoms with E-state index in [4.69, 9.17) is 10.7 Å². The van der Waals surface area contributed by atoms with Crippen molar-refractivity contribution in [2.24, 2.45) is 17.8 Å². The monoisotopic (exact) mass is 482 g/mol. The average Bonchev–Trinajstić information content (AvgIpc) is 3.28. The van der Waals surface area contributed by atoms with E-state index in [-0.39, 0.29) is 24.0 Å². The summed E-state index contributed by atoms with van der Waals surface area (Å²) in [7, 11) is 1.95. The molecule has 0 radical (unpaired) electrons. The van der Waals surface area contributed by atoms with Gasteiger partial charge in [-0.25, -0.2) is 4.99 Å². The summed E-state index contributed by atoms with van der Waals surface area (Å²) in [6, 6.07) is 7.33. The first-order valence-corrected chi connectivity index (χ1v) is 8.97. The quantitative estimate of drug-likeness (QED) is 0.388. The van der Waals surface area contributed by atoms with Crippen LogP contribution in [0.3, 0.4) is 0 Å². The zero-order valence-electron chi connectivity index (χ0n) is 15.8. The zero-order chi connectivity index (χ0) is 18.5. The molecule has 3 N–H and O–H groups in total. The molecule has 0 bridgehead atoms. The van der Waals surface area contributed by atoms with E-state index in [0.29, 0.717) is 18.0 Å². The number of carbonyl (C=O) groups is 1. The first-order chi connectivity index (χ1) is 12.6. The number of amides is 1. The van der Waals surface area contributed by atoms with Crippen molar-refractivity contribution in [1.82, 2.24) is 20.0 Å². The van der Waals surface area contributed by atoms with Crippen molar-refractivity contribution in [3.05, 3.63) is 53.3 Å². The maximum atomic E-state index is 11.3. The highest BCUT2D eigenvalue weighted by Crippen LogP contribution is 2.26. The van der Waals surface area contributed by atoms with Gasteiger partial charge in [-0.1, -0.05) is 12.1 Å². The van der Waals surface area contributed by atoms with E-state index in [0.717, 1.165) is 37.6 Å². The predicted octanol–water partition coefficient (Wildman–Crippen LogP) is 2.09. The van der Waals surface area contributed by atoms with Crippen molar-refractivity contribution in [2.75, 3.05) is 19.6 Å². The first-order valence-electron chi connectivity index (χ1n) is 8.97. The van der Waals surface area contributed by atoms with Crippen LogP contribution in [0.25, 0.3) is 0 Å². The molecule has 0 saturated carbocycles. The minimum Gasteiger partial charge on any atom is -0.366 e. The molecule has 2 heterocycles. The van der Waals surface area contributed by atoms with Crippen LogP contribution in [0, 0.1) is 0 Å². The van der Waals surface area contributed by atoms with Gasteiger partial charge in [0, 0.05) is 44.4 Å². The van der Waals surface area contributed by atoms with E-state index in [1.165, 1.54) is 5.56 Å². The Kier molecular flexibility index (Phi) is 7.64. The van der Waals surface area contributed by atoms with Crippen LogP contribution in [0.15, 0.2) is 41.7 Å². The van der Waals surface area contributed by atoms with Gasteiger partial charge in [0.1, 0.15) is 0 Å². The molecular formula is C19H27IN6O. The molecule has 1 aliphatic rings. The normalized spacial score (nSPS) is 16.9. The summed E-state index contributed by atoms with van der Waals surface area (Å²) < 4.78 is 1.85. The van der Waals surface area contributed by atoms with Crippen LogP contribution in [-0.4, -0.2) is 46.2 Å². The minimum absolute atomic E-state index is 0. The zero-order valence-corrected chi connectivity index (χ0v) is 18.1. The molecule has 0 aliphatic carbocycles. The van der Waals surface area contributed by atoms with Crippen molar-refractivity contribution >= 4 is 35.8 Å². The summed E-state index contributed by atoms with van der Waals surface area (Å²) in [5, 5.41) is 7.65. The van der Waals surface area contributed by atoms with Crippen LogP contribution in [0.1, 0.15) is 40.7 Å². The molecule has 146 valence electrons. The largest absolute Gasteiger partial charge is 0.366 e. The molecule has 27 heavy (non-hydrogen) atoms. The fourth-order valence-electron chi connectivity index (χ4n) is 3.29. The Morgan fingerprint density at radius 1 is 1.44 bits per heavy atom. The Morgan fingerprint density at radius 2 is 2.26 bits per heavy atom. The van der Waals surface area contributed by atoms with E-state index in [1.54, 1.807) is 12.1 Å². The molecule has 7 nitrogen and oxygen atoms in total. The number of aliphatic imine (C=N–C) groups is 1. The highest BCUT2D eigenvalue weighted by atomic mass is 127. The van der Waals surface area contributed by atoms with E-state index < -0.39 is 5.91 Å². The second-order valence-electron chi connectivity index (χ2n) is 6.61. The van der Waals surface area contributed by atoms with E-state index >= 15 is 0 Å². The molecule has 1 atom stereocenters. The summed E-state index contributed by atoms with van der Waals surface area (Å²) in [5.41, 5.74) is 8.12. The second-order valence-corrected chi connectivity index (χ2v) is 6.61. The number of carbonyl (C=O) groups excluding carboxylic acids is 1. The van der Waals surface area contributed by atoms with Gasteiger partial charge in [0.25, 0.3) is 0 Å². The Bertz CT molecular complexity index is 803. The molecule has 1 fully saturated rings. The van der Waals surface area contributed by atoms with Gasteiger partial charge >= 0.3 is 0 Å². The number of likely N-dealkylation sites (tertiary alicyclic amines) is 1. The lowest BCUT2D eigenvalue weighted by atomic mass is 10.0. The Balaban J connectivity index is 0.00000261. The SMILES string of the molecule is CCNC(=NCc1cccc(C(N)=O)c1)N1CCC(c2cnn(C)c2)C1.I. The lowest BCUT2D eigenvalue weighted by Gasteiger charge is -2.21. The second kappa shape index (κ2) is 9.72. The molecule has 0 spiro atoms. The lowest BCUT2D eigenvalue weighted by molar-refractivity contribution is 0.1000. The Hall–Kier alpha value is -2.10. The van der Waals surface area contributed by atoms with Gasteiger partial charge in [-0.15, -0.1) is 24.0 Å². The molecule has 1 unspecified atom stereocenters. The third-order valence-electron chi connectivity index (χ3n) is 4.64. The standard InChI is InChI=1S/C19H26N6O.HI/c1-3-21-19(22-10-14-5-4-6-15(9-14)18(20)26)25-8-7-16(13-25)17-11-23-24(2)12-17;/h4-6,9,11-12,16H,3,7-8,10,13H2,1-2H3,(H2,20,26)(H,21,22);1H. The van der Waals surface area contributed by atoms with Gasteiger partial charge in [-0.3, -0.25) is 9.48 Å². The first kappa shape index (κ1) is 21.2. The third-order valence-corrected chi connectivity index (χ3v) is 4.64. The number of rotatable bonds is 5. The predicted molar refractivity (Wildman–Crippen MR) is 117 cm³/mol. The molecule has 2 aromatic rings. The number of hydrogen-bond acceptors (Lipinski definition) is 3. The summed E-state index contributed by atoms with van der Waals surface area (Å²) in [6.45, 7) is 5.29. The topological polar surface area (TPSA) is 88.5 Å². The fourth-order valence-corrected chi connectivity index (χ4v) is 3.29. The number of benzene rings is 1. The van der Waals surface area contributed by atoms with Gasteiger partial charge in [0.15, 0.2) is 5.96 Å². The fraction of sp³-hybridized carbons (Fsp3) is 0.421. The van der Waals surface area contributed by atoms with Crippen LogP contribution in [0.5, 0.6) is 0 Å². The van der Waals surface area contributed by atoms with E-state index in [2.05, 4.69) is 28.4 Å². The molecule has 1 amide bonds. The Morgan fingerprint density at radius 3 is 2.93 bits per heavy atom. The van der Waals surface area contributed by atoms with Gasteiger partial charge in [0.05, 0.1) is 12.7 Å². The molecule has 8 heteroatoms. The van der Waals surface area contributed by atoms with Crippen molar-refractivity contribution in [3.8, 4) is 0 Å². The molecular weight excluding hydrogens is 455 g/mol. The van der Waals surface area contributed by atoms with Crippen molar-refractivity contribution < 1.29 is 4.79 Å². The van der Waals surface area contributed by atoms with Crippen LogP contribution in [-0.2, 0) is 13.6 Å². The molecule has 1 aromatic carbocycles. The summed E-state index contributed by atoms with van der Waals surface area (Å²) in [4.78, 5) is 18.4. The molecule has 1 saturated heterocycles.